The molecule has 3 aromatic rings. The molecule has 0 aliphatic carbocycles. The number of hydrogen-bond donors (Lipinski definition) is 0. The molecule has 0 aromatic heterocycles. The zero-order chi connectivity index (χ0) is 22.0. The fourth-order valence-corrected chi connectivity index (χ4v) is 3.71. The lowest BCUT2D eigenvalue weighted by Gasteiger charge is -2.24. The van der Waals surface area contributed by atoms with E-state index in [1.54, 1.807) is 36.4 Å². The summed E-state index contributed by atoms with van der Waals surface area (Å²) in [4.78, 5) is 40.3. The van der Waals surface area contributed by atoms with E-state index < -0.39 is 23.8 Å². The van der Waals surface area contributed by atoms with E-state index in [0.717, 1.165) is 16.0 Å². The molecular weight excluding hydrogens is 390 g/mol. The second kappa shape index (κ2) is 8.56. The van der Waals surface area contributed by atoms with Crippen LogP contribution in [-0.4, -0.2) is 28.7 Å². The summed E-state index contributed by atoms with van der Waals surface area (Å²) in [5.74, 6) is -0.865. The first-order valence-electron chi connectivity index (χ1n) is 10.3. The number of carbonyl (C=O) groups is 3. The van der Waals surface area contributed by atoms with E-state index in [2.05, 4.69) is 13.8 Å². The average molecular weight is 413 g/mol. The molecule has 0 N–H and O–H groups in total. The third kappa shape index (κ3) is 4.12. The number of rotatable bonds is 6. The Hall–Kier alpha value is -3.73. The van der Waals surface area contributed by atoms with Crippen LogP contribution in [0.25, 0.3) is 0 Å². The molecule has 0 unspecified atom stereocenters. The quantitative estimate of drug-likeness (QED) is 0.336. The van der Waals surface area contributed by atoms with Crippen LogP contribution in [0.2, 0.25) is 0 Å². The molecule has 0 saturated heterocycles. The topological polar surface area (TPSA) is 63.7 Å². The molecule has 0 radical (unpaired) electrons. The Morgan fingerprint density at radius 3 is 1.90 bits per heavy atom. The highest BCUT2D eigenvalue weighted by atomic mass is 16.5. The van der Waals surface area contributed by atoms with Gasteiger partial charge in [-0.3, -0.25) is 14.5 Å². The minimum Gasteiger partial charge on any atom is -0.425 e. The molecule has 2 amide bonds. The van der Waals surface area contributed by atoms with Gasteiger partial charge in [0.25, 0.3) is 11.8 Å². The second-order valence-electron chi connectivity index (χ2n) is 7.88. The minimum absolute atomic E-state index is 0.176. The fraction of sp³-hybridized carbons (Fsp3) is 0.192. The summed E-state index contributed by atoms with van der Waals surface area (Å²) in [6.45, 7) is 4.17. The highest BCUT2D eigenvalue weighted by Gasteiger charge is 2.43. The van der Waals surface area contributed by atoms with E-state index in [4.69, 9.17) is 4.74 Å². The van der Waals surface area contributed by atoms with Gasteiger partial charge < -0.3 is 4.74 Å². The van der Waals surface area contributed by atoms with Crippen molar-refractivity contribution >= 4 is 17.8 Å². The van der Waals surface area contributed by atoms with Gasteiger partial charge in [0.15, 0.2) is 0 Å². The van der Waals surface area contributed by atoms with E-state index in [0.29, 0.717) is 22.8 Å². The van der Waals surface area contributed by atoms with E-state index in [-0.39, 0.29) is 6.42 Å². The van der Waals surface area contributed by atoms with Crippen molar-refractivity contribution in [3.63, 3.8) is 0 Å². The Labute approximate surface area is 181 Å². The zero-order valence-electron chi connectivity index (χ0n) is 17.4. The summed E-state index contributed by atoms with van der Waals surface area (Å²) in [5, 5.41) is 0. The van der Waals surface area contributed by atoms with Gasteiger partial charge in [-0.1, -0.05) is 68.4 Å². The fourth-order valence-electron chi connectivity index (χ4n) is 3.71. The summed E-state index contributed by atoms with van der Waals surface area (Å²) >= 11 is 0. The SMILES string of the molecule is CC(C)c1ccc(OC(=O)[C@H](Cc2ccccc2)N2C(=O)c3ccccc3C2=O)cc1. The van der Waals surface area contributed by atoms with Crippen molar-refractivity contribution in [2.75, 3.05) is 0 Å². The molecule has 0 saturated carbocycles. The predicted octanol–water partition coefficient (Wildman–Crippen LogP) is 4.62. The number of fused-ring (bicyclic) bond motifs is 1. The monoisotopic (exact) mass is 413 g/mol. The molecule has 1 heterocycles. The largest absolute Gasteiger partial charge is 0.425 e. The van der Waals surface area contributed by atoms with Crippen LogP contribution in [0.5, 0.6) is 5.75 Å². The van der Waals surface area contributed by atoms with Gasteiger partial charge in [-0.15, -0.1) is 0 Å². The molecule has 3 aromatic carbocycles. The standard InChI is InChI=1S/C26H23NO4/c1-17(2)19-12-14-20(15-13-19)31-26(30)23(16-18-8-4-3-5-9-18)27-24(28)21-10-6-7-11-22(21)25(27)29/h3-15,17,23H,16H2,1-2H3/t23-/m0/s1. The maximum absolute atomic E-state index is 13.2. The summed E-state index contributed by atoms with van der Waals surface area (Å²) in [7, 11) is 0. The molecule has 5 heteroatoms. The van der Waals surface area contributed by atoms with Gasteiger partial charge in [0.1, 0.15) is 11.8 Å². The van der Waals surface area contributed by atoms with Crippen LogP contribution in [0.1, 0.15) is 51.6 Å². The summed E-state index contributed by atoms with van der Waals surface area (Å²) < 4.78 is 5.61. The molecule has 0 spiro atoms. The maximum Gasteiger partial charge on any atom is 0.335 e. The summed E-state index contributed by atoms with van der Waals surface area (Å²) in [5.41, 5.74) is 2.57. The molecule has 0 fully saturated rings. The van der Waals surface area contributed by atoms with Crippen LogP contribution in [0.4, 0.5) is 0 Å². The van der Waals surface area contributed by atoms with Crippen LogP contribution in [-0.2, 0) is 11.2 Å². The van der Waals surface area contributed by atoms with Crippen LogP contribution < -0.4 is 4.74 Å². The smallest absolute Gasteiger partial charge is 0.335 e. The van der Waals surface area contributed by atoms with Gasteiger partial charge >= 0.3 is 5.97 Å². The third-order valence-electron chi connectivity index (χ3n) is 5.45. The van der Waals surface area contributed by atoms with Crippen molar-refractivity contribution in [2.45, 2.75) is 32.2 Å². The Balaban J connectivity index is 1.64. The highest BCUT2D eigenvalue weighted by molar-refractivity contribution is 6.22. The van der Waals surface area contributed by atoms with Gasteiger partial charge in [0, 0.05) is 6.42 Å². The Morgan fingerprint density at radius 2 is 1.35 bits per heavy atom. The third-order valence-corrected chi connectivity index (χ3v) is 5.45. The Kier molecular flexibility index (Phi) is 5.67. The van der Waals surface area contributed by atoms with Gasteiger partial charge in [-0.05, 0) is 41.3 Å². The molecule has 4 rings (SSSR count). The van der Waals surface area contributed by atoms with Gasteiger partial charge in [0.05, 0.1) is 11.1 Å². The van der Waals surface area contributed by atoms with Gasteiger partial charge in [-0.2, -0.15) is 0 Å². The van der Waals surface area contributed by atoms with Crippen LogP contribution in [0, 0.1) is 0 Å². The molecule has 5 nitrogen and oxygen atoms in total. The first-order chi connectivity index (χ1) is 15.0. The normalized spacial score (nSPS) is 14.0. The maximum atomic E-state index is 13.2. The van der Waals surface area contributed by atoms with Crippen molar-refractivity contribution in [2.24, 2.45) is 0 Å². The molecule has 156 valence electrons. The zero-order valence-corrected chi connectivity index (χ0v) is 17.4. The summed E-state index contributed by atoms with van der Waals surface area (Å²) in [6.07, 6.45) is 0.176. The molecule has 31 heavy (non-hydrogen) atoms. The van der Waals surface area contributed by atoms with Crippen LogP contribution in [0.15, 0.2) is 78.9 Å². The summed E-state index contributed by atoms with van der Waals surface area (Å²) in [6, 6.07) is 22.1. The van der Waals surface area contributed by atoms with Gasteiger partial charge in [-0.25, -0.2) is 4.79 Å². The number of imide groups is 1. The Morgan fingerprint density at radius 1 is 0.806 bits per heavy atom. The Bertz CT molecular complexity index is 1080. The average Bonchev–Trinajstić information content (AvgIpc) is 3.03. The van der Waals surface area contributed by atoms with Crippen molar-refractivity contribution in [3.05, 3.63) is 101 Å². The van der Waals surface area contributed by atoms with Gasteiger partial charge in [0.2, 0.25) is 0 Å². The van der Waals surface area contributed by atoms with E-state index >= 15 is 0 Å². The number of benzene rings is 3. The van der Waals surface area contributed by atoms with Crippen molar-refractivity contribution < 1.29 is 19.1 Å². The lowest BCUT2D eigenvalue weighted by Crippen LogP contribution is -2.48. The lowest BCUT2D eigenvalue weighted by molar-refractivity contribution is -0.138. The number of esters is 1. The number of nitrogens with zero attached hydrogens (tertiary/aromatic N) is 1. The number of hydrogen-bond acceptors (Lipinski definition) is 4. The number of amides is 2. The molecular formula is C26H23NO4. The van der Waals surface area contributed by atoms with Crippen molar-refractivity contribution in [1.82, 2.24) is 4.90 Å². The molecule has 1 aliphatic heterocycles. The minimum atomic E-state index is -1.07. The van der Waals surface area contributed by atoms with E-state index in [9.17, 15) is 14.4 Å². The van der Waals surface area contributed by atoms with E-state index in [1.165, 1.54) is 0 Å². The highest BCUT2D eigenvalue weighted by Crippen LogP contribution is 2.27. The van der Waals surface area contributed by atoms with Crippen molar-refractivity contribution in [1.29, 1.82) is 0 Å². The number of carbonyl (C=O) groups excluding carboxylic acids is 3. The number of ether oxygens (including phenoxy) is 1. The first-order valence-corrected chi connectivity index (χ1v) is 10.3. The first kappa shape index (κ1) is 20.5. The van der Waals surface area contributed by atoms with Crippen LogP contribution in [0.3, 0.4) is 0 Å². The molecule has 1 atom stereocenters. The lowest BCUT2D eigenvalue weighted by atomic mass is 10.0. The second-order valence-corrected chi connectivity index (χ2v) is 7.88. The molecule has 0 bridgehead atoms. The van der Waals surface area contributed by atoms with Crippen LogP contribution >= 0.6 is 0 Å². The molecule has 1 aliphatic rings. The van der Waals surface area contributed by atoms with Crippen molar-refractivity contribution in [3.8, 4) is 5.75 Å². The predicted molar refractivity (Wildman–Crippen MR) is 117 cm³/mol. The van der Waals surface area contributed by atoms with E-state index in [1.807, 2.05) is 42.5 Å².